The molecule has 2 saturated heterocycles. The molecule has 0 aromatic rings. The molecule has 1 unspecified atom stereocenters. The number of carbonyl (C=O) groups excluding carboxylic acids is 2. The second-order valence-electron chi connectivity index (χ2n) is 9.27. The Morgan fingerprint density at radius 2 is 1.61 bits per heavy atom. The molecular weight excluding hydrogens is 361 g/mol. The maximum Gasteiger partial charge on any atom is 0.457 e. The minimum absolute atomic E-state index is 0.148. The SMILES string of the molecule is CCOC(=O)C1(CCCCB2OC(C)(C)C(C)(C)O2)COC(C)(C)N1C(C)=O. The van der Waals surface area contributed by atoms with Gasteiger partial charge in [-0.2, -0.15) is 0 Å². The van der Waals surface area contributed by atoms with Crippen LogP contribution in [0.25, 0.3) is 0 Å². The third-order valence-corrected chi connectivity index (χ3v) is 6.18. The third kappa shape index (κ3) is 4.24. The number of hydrogen-bond donors (Lipinski definition) is 0. The molecule has 0 spiro atoms. The van der Waals surface area contributed by atoms with Crippen LogP contribution in [-0.2, 0) is 28.4 Å². The van der Waals surface area contributed by atoms with Crippen LogP contribution in [-0.4, -0.2) is 59.6 Å². The van der Waals surface area contributed by atoms with Gasteiger partial charge in [0.2, 0.25) is 5.91 Å². The highest BCUT2D eigenvalue weighted by Gasteiger charge is 2.58. The van der Waals surface area contributed by atoms with Gasteiger partial charge in [0.05, 0.1) is 24.4 Å². The van der Waals surface area contributed by atoms with Crippen LogP contribution in [0.5, 0.6) is 0 Å². The maximum atomic E-state index is 12.8. The fourth-order valence-electron chi connectivity index (χ4n) is 4.13. The molecule has 0 aliphatic carbocycles. The Balaban J connectivity index is 2.03. The molecular formula is C20H36BNO6. The highest BCUT2D eigenvalue weighted by atomic mass is 16.7. The first kappa shape index (κ1) is 23.2. The van der Waals surface area contributed by atoms with Gasteiger partial charge in [-0.25, -0.2) is 4.79 Å². The van der Waals surface area contributed by atoms with E-state index in [0.717, 1.165) is 19.2 Å². The highest BCUT2D eigenvalue weighted by molar-refractivity contribution is 6.45. The lowest BCUT2D eigenvalue weighted by Crippen LogP contribution is -2.59. The molecule has 2 heterocycles. The Hall–Kier alpha value is -1.12. The van der Waals surface area contributed by atoms with Crippen molar-refractivity contribution in [2.45, 2.75) is 103 Å². The molecule has 2 aliphatic heterocycles. The quantitative estimate of drug-likeness (QED) is 0.373. The van der Waals surface area contributed by atoms with Crippen molar-refractivity contribution in [3.63, 3.8) is 0 Å². The van der Waals surface area contributed by atoms with E-state index in [2.05, 4.69) is 0 Å². The Labute approximate surface area is 169 Å². The number of hydrogen-bond acceptors (Lipinski definition) is 6. The predicted molar refractivity (Wildman–Crippen MR) is 107 cm³/mol. The Bertz CT molecular complexity index is 590. The van der Waals surface area contributed by atoms with E-state index >= 15 is 0 Å². The zero-order chi connectivity index (χ0) is 21.4. The van der Waals surface area contributed by atoms with Gasteiger partial charge in [-0.1, -0.05) is 12.8 Å². The number of rotatable bonds is 7. The van der Waals surface area contributed by atoms with E-state index in [-0.39, 0.29) is 37.4 Å². The van der Waals surface area contributed by atoms with Crippen molar-refractivity contribution < 1.29 is 28.4 Å². The Morgan fingerprint density at radius 1 is 1.04 bits per heavy atom. The fourth-order valence-corrected chi connectivity index (χ4v) is 4.13. The molecule has 28 heavy (non-hydrogen) atoms. The first-order valence-corrected chi connectivity index (χ1v) is 10.3. The summed E-state index contributed by atoms with van der Waals surface area (Å²) in [6.45, 7) is 15.4. The summed E-state index contributed by atoms with van der Waals surface area (Å²) in [6, 6.07) is 0. The van der Waals surface area contributed by atoms with Crippen LogP contribution >= 0.6 is 0 Å². The molecule has 0 aromatic heterocycles. The zero-order valence-corrected chi connectivity index (χ0v) is 18.7. The first-order chi connectivity index (χ1) is 12.8. The summed E-state index contributed by atoms with van der Waals surface area (Å²) < 4.78 is 23.2. The van der Waals surface area contributed by atoms with Crippen LogP contribution < -0.4 is 0 Å². The van der Waals surface area contributed by atoms with Gasteiger partial charge in [-0.3, -0.25) is 9.69 Å². The van der Waals surface area contributed by atoms with E-state index in [1.807, 2.05) is 27.7 Å². The fraction of sp³-hybridized carbons (Fsp3) is 0.900. The summed E-state index contributed by atoms with van der Waals surface area (Å²) in [5.74, 6) is -0.590. The minimum Gasteiger partial charge on any atom is -0.464 e. The molecule has 2 rings (SSSR count). The number of ether oxygens (including phenoxy) is 2. The highest BCUT2D eigenvalue weighted by Crippen LogP contribution is 2.41. The number of carbonyl (C=O) groups is 2. The molecule has 0 radical (unpaired) electrons. The lowest BCUT2D eigenvalue weighted by molar-refractivity contribution is -0.166. The van der Waals surface area contributed by atoms with Crippen LogP contribution in [0, 0.1) is 0 Å². The van der Waals surface area contributed by atoms with Crippen LogP contribution in [0.1, 0.15) is 74.7 Å². The average molecular weight is 397 g/mol. The summed E-state index contributed by atoms with van der Waals surface area (Å²) in [6.07, 6.45) is 2.75. The second-order valence-corrected chi connectivity index (χ2v) is 9.27. The van der Waals surface area contributed by atoms with Gasteiger partial charge in [0.15, 0.2) is 5.54 Å². The van der Waals surface area contributed by atoms with Crippen molar-refractivity contribution in [1.29, 1.82) is 0 Å². The van der Waals surface area contributed by atoms with Gasteiger partial charge in [0, 0.05) is 6.92 Å². The molecule has 0 saturated carbocycles. The molecule has 0 aromatic carbocycles. The van der Waals surface area contributed by atoms with E-state index in [1.165, 1.54) is 6.92 Å². The van der Waals surface area contributed by atoms with Crippen molar-refractivity contribution in [3.8, 4) is 0 Å². The molecule has 1 amide bonds. The average Bonchev–Trinajstić information content (AvgIpc) is 2.93. The van der Waals surface area contributed by atoms with Crippen LogP contribution in [0.15, 0.2) is 0 Å². The molecule has 7 nitrogen and oxygen atoms in total. The zero-order valence-electron chi connectivity index (χ0n) is 18.7. The Morgan fingerprint density at radius 3 is 2.11 bits per heavy atom. The van der Waals surface area contributed by atoms with Crippen molar-refractivity contribution >= 4 is 19.0 Å². The standard InChI is InChI=1S/C20H36BNO6/c1-9-25-16(24)20(14-26-19(7,8)22(20)15(2)23)12-10-11-13-21-27-17(3,4)18(5,6)28-21/h9-14H2,1-8H3. The predicted octanol–water partition coefficient (Wildman–Crippen LogP) is 3.17. The molecule has 2 aliphatic rings. The summed E-state index contributed by atoms with van der Waals surface area (Å²) in [7, 11) is -0.260. The van der Waals surface area contributed by atoms with Gasteiger partial charge in [-0.05, 0) is 61.2 Å². The largest absolute Gasteiger partial charge is 0.464 e. The molecule has 0 bridgehead atoms. The number of amides is 1. The summed E-state index contributed by atoms with van der Waals surface area (Å²) in [4.78, 5) is 26.8. The molecule has 2 fully saturated rings. The van der Waals surface area contributed by atoms with E-state index in [9.17, 15) is 9.59 Å². The molecule has 0 N–H and O–H groups in total. The van der Waals surface area contributed by atoms with E-state index < -0.39 is 17.2 Å². The molecule has 1 atom stereocenters. The smallest absolute Gasteiger partial charge is 0.457 e. The van der Waals surface area contributed by atoms with E-state index in [0.29, 0.717) is 6.42 Å². The topological polar surface area (TPSA) is 74.3 Å². The van der Waals surface area contributed by atoms with Gasteiger partial charge >= 0.3 is 13.1 Å². The van der Waals surface area contributed by atoms with E-state index in [1.54, 1.807) is 25.7 Å². The van der Waals surface area contributed by atoms with Gasteiger partial charge in [0.1, 0.15) is 5.72 Å². The van der Waals surface area contributed by atoms with Crippen LogP contribution in [0.2, 0.25) is 6.32 Å². The lowest BCUT2D eigenvalue weighted by Gasteiger charge is -2.39. The number of nitrogens with zero attached hydrogens (tertiary/aromatic N) is 1. The lowest BCUT2D eigenvalue weighted by atomic mass is 9.80. The van der Waals surface area contributed by atoms with Crippen molar-refractivity contribution in [3.05, 3.63) is 0 Å². The van der Waals surface area contributed by atoms with Crippen molar-refractivity contribution in [1.82, 2.24) is 4.90 Å². The molecule has 8 heteroatoms. The summed E-state index contributed by atoms with van der Waals surface area (Å²) in [5.41, 5.74) is -2.62. The van der Waals surface area contributed by atoms with Gasteiger partial charge < -0.3 is 18.8 Å². The Kier molecular flexibility index (Phi) is 6.58. The summed E-state index contributed by atoms with van der Waals surface area (Å²) in [5, 5.41) is 0. The second kappa shape index (κ2) is 7.96. The van der Waals surface area contributed by atoms with Crippen molar-refractivity contribution in [2.24, 2.45) is 0 Å². The first-order valence-electron chi connectivity index (χ1n) is 10.3. The summed E-state index contributed by atoms with van der Waals surface area (Å²) >= 11 is 0. The van der Waals surface area contributed by atoms with Crippen LogP contribution in [0.3, 0.4) is 0 Å². The normalized spacial score (nSPS) is 27.9. The van der Waals surface area contributed by atoms with Crippen LogP contribution in [0.4, 0.5) is 0 Å². The number of unbranched alkanes of at least 4 members (excludes halogenated alkanes) is 1. The maximum absolute atomic E-state index is 12.8. The minimum atomic E-state index is -1.08. The monoisotopic (exact) mass is 397 g/mol. The van der Waals surface area contributed by atoms with Crippen molar-refractivity contribution in [2.75, 3.05) is 13.2 Å². The molecule has 160 valence electrons. The van der Waals surface area contributed by atoms with E-state index in [4.69, 9.17) is 18.8 Å². The number of esters is 1. The third-order valence-electron chi connectivity index (χ3n) is 6.18. The van der Waals surface area contributed by atoms with Gasteiger partial charge in [0.25, 0.3) is 0 Å². The van der Waals surface area contributed by atoms with Gasteiger partial charge in [-0.15, -0.1) is 0 Å².